The summed E-state index contributed by atoms with van der Waals surface area (Å²) in [6, 6.07) is 4.65. The van der Waals surface area contributed by atoms with Crippen molar-refractivity contribution in [1.29, 1.82) is 0 Å². The van der Waals surface area contributed by atoms with Crippen LogP contribution in [0.3, 0.4) is 0 Å². The molecular weight excluding hydrogens is 434 g/mol. The largest absolute Gasteiger partial charge is 0.378 e. The predicted octanol–water partition coefficient (Wildman–Crippen LogP) is 3.83. The van der Waals surface area contributed by atoms with Crippen LogP contribution in [0.4, 0.5) is 14.6 Å². The number of amides is 1. The van der Waals surface area contributed by atoms with E-state index in [9.17, 15) is 13.6 Å². The van der Waals surface area contributed by atoms with Crippen LogP contribution in [0, 0.1) is 0 Å². The van der Waals surface area contributed by atoms with Crippen molar-refractivity contribution in [3.05, 3.63) is 41.9 Å². The lowest BCUT2D eigenvalue weighted by atomic mass is 9.95. The number of hydrogen-bond acceptors (Lipinski definition) is 6. The average Bonchev–Trinajstić information content (AvgIpc) is 3.38. The van der Waals surface area contributed by atoms with Gasteiger partial charge in [-0.25, -0.2) is 18.7 Å². The van der Waals surface area contributed by atoms with E-state index in [2.05, 4.69) is 10.3 Å². The number of pyridine rings is 2. The first-order valence-corrected chi connectivity index (χ1v) is 10.7. The van der Waals surface area contributed by atoms with Gasteiger partial charge in [0.15, 0.2) is 0 Å². The summed E-state index contributed by atoms with van der Waals surface area (Å²) >= 11 is 0. The quantitative estimate of drug-likeness (QED) is 0.604. The van der Waals surface area contributed by atoms with E-state index in [0.29, 0.717) is 49.0 Å². The molecule has 0 saturated carbocycles. The first-order chi connectivity index (χ1) is 15.9. The summed E-state index contributed by atoms with van der Waals surface area (Å²) in [6.45, 7) is 3.22. The third kappa shape index (κ3) is 3.88. The van der Waals surface area contributed by atoms with Gasteiger partial charge in [-0.3, -0.25) is 4.79 Å². The number of halogens is 2. The highest BCUT2D eigenvalue weighted by molar-refractivity contribution is 5.98. The van der Waals surface area contributed by atoms with Crippen molar-refractivity contribution in [3.63, 3.8) is 0 Å². The Morgan fingerprint density at radius 2 is 2.12 bits per heavy atom. The number of alkyl halides is 2. The maximum Gasteiger partial charge on any atom is 0.263 e. The molecule has 1 atom stereocenters. The van der Waals surface area contributed by atoms with Gasteiger partial charge < -0.3 is 24.1 Å². The van der Waals surface area contributed by atoms with E-state index in [1.54, 1.807) is 19.4 Å². The molecule has 2 fully saturated rings. The Hall–Kier alpha value is -2.95. The standard InChI is InChI=1S/C23H24F2N4O4/c1-13(30)27-21-7-16-17(9-29(15-10-33-11-15)19(16)8-26-21)18-5-14(22(24)25)6-20(28-18)23(31-2)3-4-32-12-23/h5-9,15,22H,3-4,10-12H2,1-2H3,(H,26,27,30)/t23-/m1/s1. The number of rotatable bonds is 6. The third-order valence-corrected chi connectivity index (χ3v) is 6.26. The van der Waals surface area contributed by atoms with Crippen molar-refractivity contribution >= 4 is 22.6 Å². The molecule has 3 aromatic heterocycles. The molecule has 2 saturated heterocycles. The summed E-state index contributed by atoms with van der Waals surface area (Å²) in [5.74, 6) is 0.125. The molecule has 0 aromatic carbocycles. The molecule has 1 amide bonds. The highest BCUT2D eigenvalue weighted by Crippen LogP contribution is 2.39. The molecule has 5 heterocycles. The number of carbonyl (C=O) groups is 1. The van der Waals surface area contributed by atoms with E-state index in [1.807, 2.05) is 10.8 Å². The van der Waals surface area contributed by atoms with Gasteiger partial charge in [-0.15, -0.1) is 0 Å². The molecule has 8 nitrogen and oxygen atoms in total. The van der Waals surface area contributed by atoms with E-state index in [0.717, 1.165) is 10.9 Å². The number of fused-ring (bicyclic) bond motifs is 1. The Morgan fingerprint density at radius 1 is 1.30 bits per heavy atom. The summed E-state index contributed by atoms with van der Waals surface area (Å²) in [6.07, 6.45) is 1.41. The van der Waals surface area contributed by atoms with Crippen LogP contribution in [-0.2, 0) is 24.6 Å². The minimum absolute atomic E-state index is 0.112. The van der Waals surface area contributed by atoms with Crippen LogP contribution in [0.1, 0.15) is 37.1 Å². The summed E-state index contributed by atoms with van der Waals surface area (Å²) in [7, 11) is 1.54. The average molecular weight is 458 g/mol. The van der Waals surface area contributed by atoms with E-state index >= 15 is 0 Å². The fraction of sp³-hybridized carbons (Fsp3) is 0.435. The number of nitrogens with one attached hydrogen (secondary N) is 1. The molecule has 0 unspecified atom stereocenters. The molecule has 3 aromatic rings. The molecule has 5 rings (SSSR count). The van der Waals surface area contributed by atoms with Crippen LogP contribution >= 0.6 is 0 Å². The van der Waals surface area contributed by atoms with Gasteiger partial charge in [0.2, 0.25) is 5.91 Å². The molecule has 33 heavy (non-hydrogen) atoms. The van der Waals surface area contributed by atoms with E-state index in [1.165, 1.54) is 19.1 Å². The first-order valence-electron chi connectivity index (χ1n) is 10.7. The minimum Gasteiger partial charge on any atom is -0.378 e. The molecule has 1 N–H and O–H groups in total. The maximum atomic E-state index is 13.9. The SMILES string of the molecule is CO[C@]1(c2cc(C(F)F)cc(-c3cn(C4COC4)c4cnc(NC(C)=O)cc34)n2)CCOC1. The van der Waals surface area contributed by atoms with Crippen LogP contribution in [0.5, 0.6) is 0 Å². The van der Waals surface area contributed by atoms with Gasteiger partial charge >= 0.3 is 0 Å². The highest BCUT2D eigenvalue weighted by atomic mass is 19.3. The van der Waals surface area contributed by atoms with Crippen LogP contribution < -0.4 is 5.32 Å². The Morgan fingerprint density at radius 3 is 2.73 bits per heavy atom. The van der Waals surface area contributed by atoms with Crippen molar-refractivity contribution in [2.45, 2.75) is 31.4 Å². The number of methoxy groups -OCH3 is 1. The van der Waals surface area contributed by atoms with Gasteiger partial charge in [-0.05, 0) is 18.2 Å². The molecule has 0 bridgehead atoms. The summed E-state index contributed by atoms with van der Waals surface area (Å²) in [5, 5.41) is 3.43. The predicted molar refractivity (Wildman–Crippen MR) is 116 cm³/mol. The molecule has 2 aliphatic rings. The zero-order valence-electron chi connectivity index (χ0n) is 18.3. The smallest absolute Gasteiger partial charge is 0.263 e. The Labute approximate surface area is 188 Å². The van der Waals surface area contributed by atoms with Gasteiger partial charge in [-0.2, -0.15) is 0 Å². The van der Waals surface area contributed by atoms with E-state index < -0.39 is 12.0 Å². The second-order valence-electron chi connectivity index (χ2n) is 8.38. The molecule has 174 valence electrons. The highest BCUT2D eigenvalue weighted by Gasteiger charge is 2.39. The number of anilines is 1. The van der Waals surface area contributed by atoms with Gasteiger partial charge in [0, 0.05) is 49.8 Å². The van der Waals surface area contributed by atoms with Crippen molar-refractivity contribution in [3.8, 4) is 11.3 Å². The molecule has 10 heteroatoms. The lowest BCUT2D eigenvalue weighted by Crippen LogP contribution is -2.30. The lowest BCUT2D eigenvalue weighted by Gasteiger charge is -2.28. The molecule has 0 spiro atoms. The maximum absolute atomic E-state index is 13.9. The van der Waals surface area contributed by atoms with Crippen LogP contribution in [0.15, 0.2) is 30.6 Å². The van der Waals surface area contributed by atoms with Crippen molar-refractivity contribution < 1.29 is 27.8 Å². The fourth-order valence-electron chi connectivity index (χ4n) is 4.35. The van der Waals surface area contributed by atoms with Gasteiger partial charge in [0.05, 0.1) is 49.0 Å². The van der Waals surface area contributed by atoms with Crippen LogP contribution in [-0.4, -0.2) is 54.0 Å². The third-order valence-electron chi connectivity index (χ3n) is 6.26. The zero-order chi connectivity index (χ0) is 23.2. The Kier molecular flexibility index (Phi) is 5.59. The Balaban J connectivity index is 1.71. The number of carbonyl (C=O) groups excluding carboxylic acids is 1. The second kappa shape index (κ2) is 8.44. The van der Waals surface area contributed by atoms with Gasteiger partial charge in [-0.1, -0.05) is 0 Å². The van der Waals surface area contributed by atoms with Gasteiger partial charge in [0.25, 0.3) is 6.43 Å². The van der Waals surface area contributed by atoms with Gasteiger partial charge in [0.1, 0.15) is 11.4 Å². The van der Waals surface area contributed by atoms with Crippen molar-refractivity contribution in [2.75, 3.05) is 38.9 Å². The summed E-state index contributed by atoms with van der Waals surface area (Å²) in [5.41, 5.74) is 1.28. The topological polar surface area (TPSA) is 87.5 Å². The lowest BCUT2D eigenvalue weighted by molar-refractivity contribution is -0.114. The molecule has 0 radical (unpaired) electrons. The van der Waals surface area contributed by atoms with Crippen molar-refractivity contribution in [2.24, 2.45) is 0 Å². The summed E-state index contributed by atoms with van der Waals surface area (Å²) < 4.78 is 46.4. The van der Waals surface area contributed by atoms with Crippen LogP contribution in [0.25, 0.3) is 22.2 Å². The molecule has 0 aliphatic carbocycles. The summed E-state index contributed by atoms with van der Waals surface area (Å²) in [4.78, 5) is 20.7. The fourth-order valence-corrected chi connectivity index (χ4v) is 4.35. The number of nitrogens with zero attached hydrogens (tertiary/aromatic N) is 3. The number of aromatic nitrogens is 3. The molecular formula is C23H24F2N4O4. The molecule has 2 aliphatic heterocycles. The van der Waals surface area contributed by atoms with Crippen molar-refractivity contribution in [1.82, 2.24) is 14.5 Å². The van der Waals surface area contributed by atoms with Crippen LogP contribution in [0.2, 0.25) is 0 Å². The van der Waals surface area contributed by atoms with E-state index in [-0.39, 0.29) is 24.1 Å². The Bertz CT molecular complexity index is 1200. The number of hydrogen-bond donors (Lipinski definition) is 1. The normalized spacial score (nSPS) is 21.0. The monoisotopic (exact) mass is 458 g/mol. The van der Waals surface area contributed by atoms with E-state index in [4.69, 9.17) is 19.2 Å². The number of ether oxygens (including phenoxy) is 3. The second-order valence-corrected chi connectivity index (χ2v) is 8.38. The minimum atomic E-state index is -2.67. The first kappa shape index (κ1) is 21.9. The zero-order valence-corrected chi connectivity index (χ0v) is 18.3.